The molecule has 1 N–H and O–H groups in total. The third-order valence-corrected chi connectivity index (χ3v) is 3.44. The molecule has 1 amide bonds. The largest absolute Gasteiger partial charge is 0.442 e. The van der Waals surface area contributed by atoms with Crippen LogP contribution < -0.4 is 5.32 Å². The van der Waals surface area contributed by atoms with Gasteiger partial charge in [-0.15, -0.1) is 0 Å². The molecule has 1 aliphatic rings. The van der Waals surface area contributed by atoms with Crippen LogP contribution in [0.15, 0.2) is 30.4 Å². The summed E-state index contributed by atoms with van der Waals surface area (Å²) in [5.74, 6) is 0. The lowest BCUT2D eigenvalue weighted by Gasteiger charge is -2.17. The van der Waals surface area contributed by atoms with E-state index in [1.54, 1.807) is 0 Å². The van der Waals surface area contributed by atoms with Crippen LogP contribution >= 0.6 is 0 Å². The van der Waals surface area contributed by atoms with E-state index >= 15 is 0 Å². The molecule has 0 saturated heterocycles. The second-order valence-electron chi connectivity index (χ2n) is 5.51. The summed E-state index contributed by atoms with van der Waals surface area (Å²) in [6.07, 6.45) is 9.22. The summed E-state index contributed by atoms with van der Waals surface area (Å²) in [4.78, 5) is 11.9. The van der Waals surface area contributed by atoms with Crippen LogP contribution in [0.5, 0.6) is 0 Å². The SMILES string of the molecule is Cc1cc(C)cc(NC(=O)OC2/C=C/CCCCC2)c1. The Balaban J connectivity index is 1.92. The number of allylic oxidation sites excluding steroid dienone is 1. The van der Waals surface area contributed by atoms with Gasteiger partial charge in [-0.05, 0) is 68.9 Å². The van der Waals surface area contributed by atoms with E-state index in [4.69, 9.17) is 4.74 Å². The minimum atomic E-state index is -0.370. The average Bonchev–Trinajstić information content (AvgIpc) is 2.31. The van der Waals surface area contributed by atoms with Crippen LogP contribution in [0.25, 0.3) is 0 Å². The van der Waals surface area contributed by atoms with Crippen molar-refractivity contribution in [1.29, 1.82) is 0 Å². The molecule has 0 radical (unpaired) electrons. The Kier molecular flexibility index (Phi) is 5.22. The zero-order valence-corrected chi connectivity index (χ0v) is 12.3. The summed E-state index contributed by atoms with van der Waals surface area (Å²) in [7, 11) is 0. The lowest BCUT2D eigenvalue weighted by atomic mass is 10.0. The molecule has 2 rings (SSSR count). The molecule has 1 atom stereocenters. The third-order valence-electron chi connectivity index (χ3n) is 3.44. The van der Waals surface area contributed by atoms with Crippen molar-refractivity contribution < 1.29 is 9.53 Å². The zero-order valence-electron chi connectivity index (χ0n) is 12.3. The van der Waals surface area contributed by atoms with Gasteiger partial charge in [0.2, 0.25) is 0 Å². The number of aryl methyl sites for hydroxylation is 2. The minimum absolute atomic E-state index is 0.0961. The van der Waals surface area contributed by atoms with Crippen LogP contribution in [-0.4, -0.2) is 12.2 Å². The highest BCUT2D eigenvalue weighted by atomic mass is 16.6. The summed E-state index contributed by atoms with van der Waals surface area (Å²) in [5.41, 5.74) is 3.06. The Morgan fingerprint density at radius 3 is 2.65 bits per heavy atom. The van der Waals surface area contributed by atoms with Gasteiger partial charge in [-0.3, -0.25) is 5.32 Å². The standard InChI is InChI=1S/C17H23NO2/c1-13-10-14(2)12-15(11-13)18-17(19)20-16-8-6-4-3-5-7-9-16/h6,8,10-12,16H,3-5,7,9H2,1-2H3,(H,18,19)/b8-6+. The lowest BCUT2D eigenvalue weighted by Crippen LogP contribution is -2.21. The van der Waals surface area contributed by atoms with Gasteiger partial charge in [-0.1, -0.05) is 18.6 Å². The molecule has 0 heterocycles. The molecule has 108 valence electrons. The van der Waals surface area contributed by atoms with E-state index in [0.29, 0.717) is 0 Å². The van der Waals surface area contributed by atoms with E-state index in [0.717, 1.165) is 36.1 Å². The van der Waals surface area contributed by atoms with E-state index in [2.05, 4.69) is 17.5 Å². The molecule has 1 aliphatic carbocycles. The summed E-state index contributed by atoms with van der Waals surface area (Å²) in [6.45, 7) is 4.03. The van der Waals surface area contributed by atoms with Gasteiger partial charge in [0.15, 0.2) is 0 Å². The number of hydrogen-bond donors (Lipinski definition) is 1. The van der Waals surface area contributed by atoms with Gasteiger partial charge in [0.1, 0.15) is 6.10 Å². The van der Waals surface area contributed by atoms with Crippen LogP contribution in [0.4, 0.5) is 10.5 Å². The highest BCUT2D eigenvalue weighted by Gasteiger charge is 2.12. The Morgan fingerprint density at radius 1 is 1.15 bits per heavy atom. The predicted molar refractivity (Wildman–Crippen MR) is 82.0 cm³/mol. The summed E-state index contributed by atoms with van der Waals surface area (Å²) in [6, 6.07) is 5.97. The van der Waals surface area contributed by atoms with Crippen molar-refractivity contribution in [3.8, 4) is 0 Å². The molecule has 3 heteroatoms. The first-order valence-corrected chi connectivity index (χ1v) is 7.36. The third kappa shape index (κ3) is 4.72. The molecule has 0 aliphatic heterocycles. The van der Waals surface area contributed by atoms with E-state index in [-0.39, 0.29) is 12.2 Å². The number of carbonyl (C=O) groups excluding carboxylic acids is 1. The maximum atomic E-state index is 11.9. The molecule has 3 nitrogen and oxygen atoms in total. The number of nitrogens with one attached hydrogen (secondary N) is 1. The van der Waals surface area contributed by atoms with Gasteiger partial charge in [0, 0.05) is 5.69 Å². The van der Waals surface area contributed by atoms with Crippen molar-refractivity contribution in [3.63, 3.8) is 0 Å². The molecule has 0 saturated carbocycles. The van der Waals surface area contributed by atoms with Gasteiger partial charge in [0.05, 0.1) is 0 Å². The van der Waals surface area contributed by atoms with Crippen molar-refractivity contribution in [1.82, 2.24) is 0 Å². The molecule has 0 fully saturated rings. The smallest absolute Gasteiger partial charge is 0.412 e. The Labute approximate surface area is 121 Å². The molecule has 1 unspecified atom stereocenters. The van der Waals surface area contributed by atoms with Crippen LogP contribution in [0.3, 0.4) is 0 Å². The highest BCUT2D eigenvalue weighted by Crippen LogP contribution is 2.17. The Morgan fingerprint density at radius 2 is 1.90 bits per heavy atom. The van der Waals surface area contributed by atoms with Crippen molar-refractivity contribution in [2.75, 3.05) is 5.32 Å². The minimum Gasteiger partial charge on any atom is -0.442 e. The van der Waals surface area contributed by atoms with E-state index in [9.17, 15) is 4.79 Å². The fourth-order valence-corrected chi connectivity index (χ4v) is 2.56. The second kappa shape index (κ2) is 7.13. The van der Waals surface area contributed by atoms with Crippen LogP contribution in [-0.2, 0) is 4.74 Å². The van der Waals surface area contributed by atoms with Crippen LogP contribution in [0, 0.1) is 13.8 Å². The summed E-state index contributed by atoms with van der Waals surface area (Å²) in [5, 5.41) is 2.81. The number of benzene rings is 1. The van der Waals surface area contributed by atoms with E-state index in [1.807, 2.05) is 32.1 Å². The summed E-state index contributed by atoms with van der Waals surface area (Å²) >= 11 is 0. The maximum Gasteiger partial charge on any atom is 0.412 e. The van der Waals surface area contributed by atoms with Gasteiger partial charge in [-0.2, -0.15) is 0 Å². The Hall–Kier alpha value is -1.77. The van der Waals surface area contributed by atoms with Gasteiger partial charge in [0.25, 0.3) is 0 Å². The number of amides is 1. The zero-order chi connectivity index (χ0) is 14.4. The molecule has 20 heavy (non-hydrogen) atoms. The highest BCUT2D eigenvalue weighted by molar-refractivity contribution is 5.85. The number of carbonyl (C=O) groups is 1. The topological polar surface area (TPSA) is 38.3 Å². The molecular formula is C17H23NO2. The van der Waals surface area contributed by atoms with Crippen LogP contribution in [0.1, 0.15) is 43.2 Å². The van der Waals surface area contributed by atoms with Crippen LogP contribution in [0.2, 0.25) is 0 Å². The maximum absolute atomic E-state index is 11.9. The van der Waals surface area contributed by atoms with Gasteiger partial charge < -0.3 is 4.74 Å². The quantitative estimate of drug-likeness (QED) is 0.790. The van der Waals surface area contributed by atoms with Crippen molar-refractivity contribution in [3.05, 3.63) is 41.5 Å². The first-order valence-electron chi connectivity index (χ1n) is 7.36. The first kappa shape index (κ1) is 14.6. The van der Waals surface area contributed by atoms with Crippen molar-refractivity contribution >= 4 is 11.8 Å². The van der Waals surface area contributed by atoms with Gasteiger partial charge >= 0.3 is 6.09 Å². The number of rotatable bonds is 2. The number of anilines is 1. The summed E-state index contributed by atoms with van der Waals surface area (Å²) < 4.78 is 5.47. The van der Waals surface area contributed by atoms with E-state index in [1.165, 1.54) is 12.8 Å². The normalized spacial score (nSPS) is 20.6. The average molecular weight is 273 g/mol. The molecular weight excluding hydrogens is 250 g/mol. The first-order chi connectivity index (χ1) is 9.63. The molecule has 0 aromatic heterocycles. The molecule has 1 aromatic carbocycles. The fourth-order valence-electron chi connectivity index (χ4n) is 2.56. The Bertz CT molecular complexity index is 474. The van der Waals surface area contributed by atoms with E-state index < -0.39 is 0 Å². The van der Waals surface area contributed by atoms with Gasteiger partial charge in [-0.25, -0.2) is 4.79 Å². The second-order valence-corrected chi connectivity index (χ2v) is 5.51. The number of hydrogen-bond acceptors (Lipinski definition) is 2. The number of ether oxygens (including phenoxy) is 1. The monoisotopic (exact) mass is 273 g/mol. The predicted octanol–water partition coefficient (Wildman–Crippen LogP) is 4.74. The lowest BCUT2D eigenvalue weighted by molar-refractivity contribution is 0.127. The molecule has 0 spiro atoms. The molecule has 0 bridgehead atoms. The fraction of sp³-hybridized carbons (Fsp3) is 0.471. The van der Waals surface area contributed by atoms with Crippen molar-refractivity contribution in [2.24, 2.45) is 0 Å². The molecule has 1 aromatic rings. The van der Waals surface area contributed by atoms with Crippen molar-refractivity contribution in [2.45, 2.75) is 52.1 Å².